The minimum Gasteiger partial charge on any atom is -0.331 e. The number of nitrogens with zero attached hydrogens (tertiary/aromatic N) is 1. The van der Waals surface area contributed by atoms with Gasteiger partial charge in [-0.25, -0.2) is 0 Å². The molecule has 0 aliphatic carbocycles. The van der Waals surface area contributed by atoms with Crippen LogP contribution in [0, 0.1) is 10.5 Å². The topological polar surface area (TPSA) is 32.3 Å². The molecule has 4 heteroatoms. The van der Waals surface area contributed by atoms with Crippen molar-refractivity contribution in [1.29, 1.82) is 0 Å². The van der Waals surface area contributed by atoms with E-state index in [1.165, 1.54) is 15.6 Å². The summed E-state index contributed by atoms with van der Waals surface area (Å²) in [4.78, 5) is 14.9. The molecular weight excluding hydrogens is 351 g/mol. The highest BCUT2D eigenvalue weighted by atomic mass is 127. The molecule has 2 atom stereocenters. The molecule has 102 valence electrons. The molecule has 19 heavy (non-hydrogen) atoms. The molecular formula is C15H19IN2O. The summed E-state index contributed by atoms with van der Waals surface area (Å²) < 4.78 is 1.17. The number of carbonyl (C=O) groups excluding carboxylic acids is 1. The van der Waals surface area contributed by atoms with Gasteiger partial charge in [0.15, 0.2) is 0 Å². The number of aryl methyl sites for hydroxylation is 1. The van der Waals surface area contributed by atoms with Gasteiger partial charge in [-0.3, -0.25) is 4.79 Å². The fraction of sp³-hybridized carbons (Fsp3) is 0.533. The van der Waals surface area contributed by atoms with E-state index in [9.17, 15) is 4.79 Å². The SMILES string of the molecule is Cc1ccc(C(=O)N2C3CCNCC2CC3)cc1I. The van der Waals surface area contributed by atoms with E-state index < -0.39 is 0 Å². The first kappa shape index (κ1) is 13.4. The summed E-state index contributed by atoms with van der Waals surface area (Å²) in [5.41, 5.74) is 2.08. The molecule has 2 aliphatic heterocycles. The first-order chi connectivity index (χ1) is 9.16. The Balaban J connectivity index is 1.88. The molecule has 2 bridgehead atoms. The Morgan fingerprint density at radius 3 is 2.89 bits per heavy atom. The van der Waals surface area contributed by atoms with Crippen LogP contribution in [0.3, 0.4) is 0 Å². The molecule has 1 aromatic rings. The van der Waals surface area contributed by atoms with Gasteiger partial charge in [0.25, 0.3) is 5.91 Å². The molecule has 2 heterocycles. The highest BCUT2D eigenvalue weighted by molar-refractivity contribution is 14.1. The lowest BCUT2D eigenvalue weighted by molar-refractivity contribution is 0.0680. The largest absolute Gasteiger partial charge is 0.331 e. The lowest BCUT2D eigenvalue weighted by Gasteiger charge is -2.28. The average molecular weight is 370 g/mol. The van der Waals surface area contributed by atoms with E-state index in [0.717, 1.165) is 31.5 Å². The van der Waals surface area contributed by atoms with Crippen LogP contribution < -0.4 is 5.32 Å². The number of nitrogens with one attached hydrogen (secondary N) is 1. The Morgan fingerprint density at radius 2 is 2.11 bits per heavy atom. The van der Waals surface area contributed by atoms with Crippen molar-refractivity contribution in [1.82, 2.24) is 10.2 Å². The Hall–Kier alpha value is -0.620. The van der Waals surface area contributed by atoms with Gasteiger partial charge in [0.1, 0.15) is 0 Å². The maximum atomic E-state index is 12.8. The predicted octanol–water partition coefficient (Wildman–Crippen LogP) is 2.57. The van der Waals surface area contributed by atoms with Gasteiger partial charge in [0, 0.05) is 27.8 Å². The van der Waals surface area contributed by atoms with Crippen LogP contribution in [-0.2, 0) is 0 Å². The molecule has 1 N–H and O–H groups in total. The van der Waals surface area contributed by atoms with Crippen LogP contribution >= 0.6 is 22.6 Å². The molecule has 0 aromatic heterocycles. The number of amides is 1. The molecule has 3 rings (SSSR count). The number of rotatable bonds is 1. The lowest BCUT2D eigenvalue weighted by atomic mass is 10.1. The fourth-order valence-corrected chi connectivity index (χ4v) is 3.70. The van der Waals surface area contributed by atoms with Crippen molar-refractivity contribution in [3.05, 3.63) is 32.9 Å². The fourth-order valence-electron chi connectivity index (χ4n) is 3.19. The first-order valence-corrected chi connectivity index (χ1v) is 8.04. The number of fused-ring (bicyclic) bond motifs is 2. The van der Waals surface area contributed by atoms with Gasteiger partial charge in [-0.15, -0.1) is 0 Å². The van der Waals surface area contributed by atoms with Gasteiger partial charge >= 0.3 is 0 Å². The lowest BCUT2D eigenvalue weighted by Crippen LogP contribution is -2.42. The van der Waals surface area contributed by atoms with Crippen molar-refractivity contribution in [2.45, 2.75) is 38.3 Å². The molecule has 0 radical (unpaired) electrons. The van der Waals surface area contributed by atoms with Gasteiger partial charge in [-0.1, -0.05) is 6.07 Å². The molecule has 0 spiro atoms. The summed E-state index contributed by atoms with van der Waals surface area (Å²) >= 11 is 2.30. The predicted molar refractivity (Wildman–Crippen MR) is 84.4 cm³/mol. The number of halogens is 1. The van der Waals surface area contributed by atoms with Crippen LogP contribution in [0.15, 0.2) is 18.2 Å². The molecule has 3 nitrogen and oxygen atoms in total. The van der Waals surface area contributed by atoms with Crippen molar-refractivity contribution in [2.24, 2.45) is 0 Å². The van der Waals surface area contributed by atoms with Crippen LogP contribution in [0.4, 0.5) is 0 Å². The number of benzene rings is 1. The Morgan fingerprint density at radius 1 is 1.32 bits per heavy atom. The summed E-state index contributed by atoms with van der Waals surface area (Å²) in [6, 6.07) is 6.87. The van der Waals surface area contributed by atoms with Crippen LogP contribution in [0.5, 0.6) is 0 Å². The van der Waals surface area contributed by atoms with Crippen molar-refractivity contribution in [3.63, 3.8) is 0 Å². The summed E-state index contributed by atoms with van der Waals surface area (Å²) in [6.07, 6.45) is 3.40. The van der Waals surface area contributed by atoms with Crippen molar-refractivity contribution in [2.75, 3.05) is 13.1 Å². The van der Waals surface area contributed by atoms with E-state index in [1.54, 1.807) is 0 Å². The Bertz CT molecular complexity index is 489. The van der Waals surface area contributed by atoms with E-state index >= 15 is 0 Å². The van der Waals surface area contributed by atoms with Gasteiger partial charge in [0.2, 0.25) is 0 Å². The average Bonchev–Trinajstić information content (AvgIpc) is 2.65. The van der Waals surface area contributed by atoms with E-state index in [1.807, 2.05) is 18.2 Å². The van der Waals surface area contributed by atoms with Crippen molar-refractivity contribution in [3.8, 4) is 0 Å². The number of hydrogen-bond acceptors (Lipinski definition) is 2. The molecule has 2 saturated heterocycles. The number of hydrogen-bond donors (Lipinski definition) is 1. The minimum absolute atomic E-state index is 0.217. The second-order valence-electron chi connectivity index (χ2n) is 5.55. The number of carbonyl (C=O) groups is 1. The highest BCUT2D eigenvalue weighted by Gasteiger charge is 2.38. The van der Waals surface area contributed by atoms with Crippen LogP contribution in [0.1, 0.15) is 35.2 Å². The summed E-state index contributed by atoms with van der Waals surface area (Å²) in [7, 11) is 0. The van der Waals surface area contributed by atoms with Crippen LogP contribution in [0.25, 0.3) is 0 Å². The van der Waals surface area contributed by atoms with E-state index in [2.05, 4.69) is 39.7 Å². The van der Waals surface area contributed by atoms with Crippen molar-refractivity contribution >= 4 is 28.5 Å². The zero-order valence-corrected chi connectivity index (χ0v) is 13.3. The van der Waals surface area contributed by atoms with Crippen LogP contribution in [-0.4, -0.2) is 36.0 Å². The third-order valence-electron chi connectivity index (χ3n) is 4.31. The van der Waals surface area contributed by atoms with E-state index in [-0.39, 0.29) is 5.91 Å². The third-order valence-corrected chi connectivity index (χ3v) is 5.47. The summed E-state index contributed by atoms with van der Waals surface area (Å²) in [6.45, 7) is 4.07. The second kappa shape index (κ2) is 5.40. The maximum absolute atomic E-state index is 12.8. The summed E-state index contributed by atoms with van der Waals surface area (Å²) in [5, 5.41) is 3.44. The zero-order valence-electron chi connectivity index (χ0n) is 11.2. The Kier molecular flexibility index (Phi) is 3.80. The standard InChI is InChI=1S/C15H19IN2O/c1-10-2-3-11(8-14(10)16)15(19)18-12-4-5-13(18)9-17-7-6-12/h2-3,8,12-13,17H,4-7,9H2,1H3. The molecule has 2 fully saturated rings. The second-order valence-corrected chi connectivity index (χ2v) is 6.72. The molecule has 1 amide bonds. The van der Waals surface area contributed by atoms with Crippen molar-refractivity contribution < 1.29 is 4.79 Å². The quantitative estimate of drug-likeness (QED) is 0.771. The normalized spacial score (nSPS) is 26.3. The monoisotopic (exact) mass is 370 g/mol. The highest BCUT2D eigenvalue weighted by Crippen LogP contribution is 2.30. The smallest absolute Gasteiger partial charge is 0.254 e. The zero-order chi connectivity index (χ0) is 13.4. The maximum Gasteiger partial charge on any atom is 0.254 e. The third kappa shape index (κ3) is 2.52. The van der Waals surface area contributed by atoms with Gasteiger partial charge < -0.3 is 10.2 Å². The Labute approximate surface area is 127 Å². The van der Waals surface area contributed by atoms with E-state index in [4.69, 9.17) is 0 Å². The van der Waals surface area contributed by atoms with E-state index in [0.29, 0.717) is 12.1 Å². The van der Waals surface area contributed by atoms with Gasteiger partial charge in [0.05, 0.1) is 0 Å². The molecule has 2 aliphatic rings. The minimum atomic E-state index is 0.217. The first-order valence-electron chi connectivity index (χ1n) is 6.96. The summed E-state index contributed by atoms with van der Waals surface area (Å²) in [5.74, 6) is 0.217. The van der Waals surface area contributed by atoms with Crippen LogP contribution in [0.2, 0.25) is 0 Å². The molecule has 0 saturated carbocycles. The molecule has 1 aromatic carbocycles. The van der Waals surface area contributed by atoms with Gasteiger partial charge in [-0.05, 0) is 73.0 Å². The molecule has 2 unspecified atom stereocenters. The van der Waals surface area contributed by atoms with Gasteiger partial charge in [-0.2, -0.15) is 0 Å².